The van der Waals surface area contributed by atoms with Gasteiger partial charge in [-0.3, -0.25) is 0 Å². The number of aromatic nitrogens is 1. The minimum atomic E-state index is 0.469. The second-order valence-corrected chi connectivity index (χ2v) is 8.71. The van der Waals surface area contributed by atoms with Gasteiger partial charge in [0.15, 0.2) is 0 Å². The van der Waals surface area contributed by atoms with Crippen LogP contribution in [0.15, 0.2) is 78.0 Å². The van der Waals surface area contributed by atoms with Crippen LogP contribution < -0.4 is 5.43 Å². The third-order valence-electron chi connectivity index (χ3n) is 4.70. The molecule has 0 aliphatic carbocycles. The summed E-state index contributed by atoms with van der Waals surface area (Å²) >= 11 is 14.8. The summed E-state index contributed by atoms with van der Waals surface area (Å²) in [6.45, 7) is 1.28. The predicted octanol–water partition coefficient (Wildman–Crippen LogP) is 6.72. The zero-order chi connectivity index (χ0) is 20.2. The van der Waals surface area contributed by atoms with Gasteiger partial charge in [0.2, 0.25) is 0 Å². The first kappa shape index (κ1) is 20.3. The van der Waals surface area contributed by atoms with Gasteiger partial charge in [0.25, 0.3) is 0 Å². The normalized spacial score (nSPS) is 11.4. The van der Waals surface area contributed by atoms with Crippen molar-refractivity contribution in [3.63, 3.8) is 0 Å². The molecule has 1 N–H and O–H groups in total. The summed E-state index contributed by atoms with van der Waals surface area (Å²) in [7, 11) is 0. The molecule has 3 aromatic carbocycles. The van der Waals surface area contributed by atoms with E-state index in [9.17, 15) is 0 Å². The molecule has 0 fully saturated rings. The Morgan fingerprint density at radius 2 is 1.66 bits per heavy atom. The zero-order valence-corrected chi connectivity index (χ0v) is 19.1. The first-order valence-corrected chi connectivity index (χ1v) is 11.0. The van der Waals surface area contributed by atoms with Crippen LogP contribution in [-0.4, -0.2) is 10.8 Å². The highest BCUT2D eigenvalue weighted by molar-refractivity contribution is 14.1. The van der Waals surface area contributed by atoms with Crippen LogP contribution in [-0.2, 0) is 13.1 Å². The van der Waals surface area contributed by atoms with Crippen LogP contribution in [0.3, 0.4) is 0 Å². The lowest BCUT2D eigenvalue weighted by Gasteiger charge is -2.05. The molecule has 0 spiro atoms. The highest BCUT2D eigenvalue weighted by Gasteiger charge is 2.08. The van der Waals surface area contributed by atoms with Gasteiger partial charge >= 0.3 is 0 Å². The van der Waals surface area contributed by atoms with Crippen LogP contribution in [0, 0.1) is 3.57 Å². The van der Waals surface area contributed by atoms with E-state index in [4.69, 9.17) is 23.2 Å². The molecule has 0 aliphatic rings. The van der Waals surface area contributed by atoms with E-state index in [-0.39, 0.29) is 0 Å². The van der Waals surface area contributed by atoms with E-state index in [1.165, 1.54) is 20.0 Å². The first-order chi connectivity index (χ1) is 14.1. The Balaban J connectivity index is 1.54. The minimum Gasteiger partial charge on any atom is -0.342 e. The molecule has 29 heavy (non-hydrogen) atoms. The van der Waals surface area contributed by atoms with Gasteiger partial charge in [-0.15, -0.1) is 0 Å². The smallest absolute Gasteiger partial charge is 0.0609 e. The highest BCUT2D eigenvalue weighted by atomic mass is 127. The van der Waals surface area contributed by atoms with Crippen LogP contribution in [0.5, 0.6) is 0 Å². The predicted molar refractivity (Wildman–Crippen MR) is 131 cm³/mol. The summed E-state index contributed by atoms with van der Waals surface area (Å²) in [5, 5.41) is 6.83. The molecule has 1 heterocycles. The van der Waals surface area contributed by atoms with E-state index < -0.39 is 0 Å². The number of hydrogen-bond donors (Lipinski definition) is 1. The Kier molecular flexibility index (Phi) is 6.43. The van der Waals surface area contributed by atoms with E-state index in [1.807, 2.05) is 30.5 Å². The highest BCUT2D eigenvalue weighted by Crippen LogP contribution is 2.24. The summed E-state index contributed by atoms with van der Waals surface area (Å²) in [4.78, 5) is 0. The van der Waals surface area contributed by atoms with Crippen LogP contribution >= 0.6 is 45.8 Å². The van der Waals surface area contributed by atoms with E-state index in [0.29, 0.717) is 16.6 Å². The average molecular weight is 534 g/mol. The lowest BCUT2D eigenvalue weighted by atomic mass is 10.2. The third kappa shape index (κ3) is 4.77. The van der Waals surface area contributed by atoms with Crippen LogP contribution in [0.1, 0.15) is 16.7 Å². The largest absolute Gasteiger partial charge is 0.342 e. The molecule has 6 heteroatoms. The molecule has 0 saturated carbocycles. The van der Waals surface area contributed by atoms with E-state index in [2.05, 4.69) is 86.3 Å². The molecular formula is C23H18Cl2IN3. The quantitative estimate of drug-likeness (QED) is 0.166. The molecule has 0 unspecified atom stereocenters. The molecule has 4 rings (SSSR count). The number of fused-ring (bicyclic) bond motifs is 1. The number of rotatable bonds is 6. The lowest BCUT2D eigenvalue weighted by molar-refractivity contribution is 0.748. The summed E-state index contributed by atoms with van der Waals surface area (Å²) in [6, 6.07) is 22.4. The Labute approximate surface area is 193 Å². The molecule has 0 bridgehead atoms. The maximum absolute atomic E-state index is 6.21. The van der Waals surface area contributed by atoms with Gasteiger partial charge in [0.1, 0.15) is 0 Å². The van der Waals surface area contributed by atoms with Crippen molar-refractivity contribution in [2.75, 3.05) is 0 Å². The molecule has 0 atom stereocenters. The van der Waals surface area contributed by atoms with Crippen LogP contribution in [0.2, 0.25) is 10.0 Å². The molecule has 0 saturated heterocycles. The Bertz CT molecular complexity index is 1150. The molecule has 146 valence electrons. The number of hydrogen-bond acceptors (Lipinski definition) is 2. The van der Waals surface area contributed by atoms with E-state index in [1.54, 1.807) is 0 Å². The van der Waals surface area contributed by atoms with Crippen LogP contribution in [0.25, 0.3) is 10.9 Å². The number of para-hydroxylation sites is 1. The average Bonchev–Trinajstić information content (AvgIpc) is 3.06. The van der Waals surface area contributed by atoms with E-state index >= 15 is 0 Å². The van der Waals surface area contributed by atoms with E-state index in [0.717, 1.165) is 17.7 Å². The Hall–Kier alpha value is -2.02. The molecule has 0 amide bonds. The number of nitrogens with one attached hydrogen (secondary N) is 1. The number of hydrazone groups is 1. The van der Waals surface area contributed by atoms with Gasteiger partial charge in [-0.05, 0) is 58.5 Å². The van der Waals surface area contributed by atoms with Crippen molar-refractivity contribution in [3.05, 3.63) is 103 Å². The third-order valence-corrected chi connectivity index (χ3v) is 6.13. The topological polar surface area (TPSA) is 29.3 Å². The number of halogens is 3. The molecule has 0 radical (unpaired) electrons. The summed E-state index contributed by atoms with van der Waals surface area (Å²) < 4.78 is 3.49. The van der Waals surface area contributed by atoms with Crippen molar-refractivity contribution in [3.8, 4) is 0 Å². The fourth-order valence-corrected chi connectivity index (χ4v) is 4.13. The SMILES string of the molecule is Clc1cccc(Cl)c1CN/N=C/c1cn(Cc2ccc(I)cc2)c2ccccc12. The van der Waals surface area contributed by atoms with Gasteiger partial charge in [0.05, 0.1) is 12.8 Å². The van der Waals surface area contributed by atoms with Gasteiger partial charge in [0, 0.05) is 48.4 Å². The van der Waals surface area contributed by atoms with Gasteiger partial charge in [-0.2, -0.15) is 5.10 Å². The van der Waals surface area contributed by atoms with Gasteiger partial charge in [-0.25, -0.2) is 0 Å². The summed E-state index contributed by atoms with van der Waals surface area (Å²) in [5.74, 6) is 0. The van der Waals surface area contributed by atoms with Crippen molar-refractivity contribution in [2.45, 2.75) is 13.1 Å². The minimum absolute atomic E-state index is 0.469. The fraction of sp³-hybridized carbons (Fsp3) is 0.0870. The fourth-order valence-electron chi connectivity index (χ4n) is 3.24. The Morgan fingerprint density at radius 1 is 0.931 bits per heavy atom. The standard InChI is InChI=1S/C23H18Cl2IN3/c24-21-5-3-6-22(25)20(21)13-28-27-12-17-15-29(23-7-2-1-4-19(17)23)14-16-8-10-18(26)11-9-16/h1-12,15,28H,13-14H2/b27-12+. The summed E-state index contributed by atoms with van der Waals surface area (Å²) in [6.07, 6.45) is 3.98. The molecule has 0 aliphatic heterocycles. The summed E-state index contributed by atoms with van der Waals surface area (Å²) in [5.41, 5.74) is 7.40. The molecule has 1 aromatic heterocycles. The number of benzene rings is 3. The van der Waals surface area contributed by atoms with Crippen molar-refractivity contribution in [1.82, 2.24) is 9.99 Å². The molecule has 4 aromatic rings. The maximum atomic E-state index is 6.21. The lowest BCUT2D eigenvalue weighted by Crippen LogP contribution is -2.06. The van der Waals surface area contributed by atoms with Crippen LogP contribution in [0.4, 0.5) is 0 Å². The van der Waals surface area contributed by atoms with Gasteiger partial charge in [-0.1, -0.05) is 59.6 Å². The van der Waals surface area contributed by atoms with Crippen molar-refractivity contribution in [2.24, 2.45) is 5.10 Å². The Morgan fingerprint density at radius 3 is 2.41 bits per heavy atom. The monoisotopic (exact) mass is 533 g/mol. The first-order valence-electron chi connectivity index (χ1n) is 9.13. The van der Waals surface area contributed by atoms with Gasteiger partial charge < -0.3 is 9.99 Å². The van der Waals surface area contributed by atoms with Crippen molar-refractivity contribution < 1.29 is 0 Å². The zero-order valence-electron chi connectivity index (χ0n) is 15.4. The second kappa shape index (κ2) is 9.20. The molecule has 3 nitrogen and oxygen atoms in total. The van der Waals surface area contributed by atoms with Crippen molar-refractivity contribution in [1.29, 1.82) is 0 Å². The number of nitrogens with zero attached hydrogens (tertiary/aromatic N) is 2. The van der Waals surface area contributed by atoms with Crippen molar-refractivity contribution >= 4 is 62.9 Å². The maximum Gasteiger partial charge on any atom is 0.0609 e. The second-order valence-electron chi connectivity index (χ2n) is 6.65. The molecular weight excluding hydrogens is 516 g/mol.